The number of rotatable bonds is 5. The van der Waals surface area contributed by atoms with Gasteiger partial charge in [0.25, 0.3) is 0 Å². The molecule has 42 heavy (non-hydrogen) atoms. The van der Waals surface area contributed by atoms with Crippen molar-refractivity contribution in [1.82, 2.24) is 9.97 Å². The minimum atomic E-state index is 0. The fraction of sp³-hybridized carbons (Fsp3) is 0.184. The van der Waals surface area contributed by atoms with Crippen LogP contribution in [0.1, 0.15) is 73.2 Å². The van der Waals surface area contributed by atoms with Gasteiger partial charge in [-0.05, 0) is 17.9 Å². The first-order chi connectivity index (χ1) is 19.8. The molecule has 5 rings (SSSR count). The average molecular weight is 720 g/mol. The number of para-hydroxylation sites is 1. The average Bonchev–Trinajstić information content (AvgIpc) is 2.98. The summed E-state index contributed by atoms with van der Waals surface area (Å²) in [7, 11) is 0. The van der Waals surface area contributed by atoms with E-state index in [1.165, 1.54) is 11.1 Å². The van der Waals surface area contributed by atoms with Gasteiger partial charge in [-0.1, -0.05) is 81.8 Å². The number of nitrogens with zero attached hydrogens (tertiary/aromatic N) is 3. The van der Waals surface area contributed by atoms with Gasteiger partial charge in [0.2, 0.25) is 0 Å². The fourth-order valence-electron chi connectivity index (χ4n) is 3.69. The molecule has 0 amide bonds. The Hall–Kier alpha value is -3.76. The van der Waals surface area contributed by atoms with Crippen LogP contribution in [-0.4, -0.2) is 9.97 Å². The first-order valence-electron chi connectivity index (χ1n) is 13.9. The molecule has 0 bridgehead atoms. The van der Waals surface area contributed by atoms with E-state index in [2.05, 4.69) is 76.6 Å². The molecule has 0 aliphatic heterocycles. The van der Waals surface area contributed by atoms with Crippen LogP contribution in [0.5, 0.6) is 0 Å². The van der Waals surface area contributed by atoms with E-state index in [1.54, 1.807) is 12.4 Å². The summed E-state index contributed by atoms with van der Waals surface area (Å²) in [6.45, 7) is 20.5. The largest absolute Gasteiger partial charge is 4.00 e. The Morgan fingerprint density at radius 2 is 0.881 bits per heavy atom. The van der Waals surface area contributed by atoms with Crippen LogP contribution in [0, 0.1) is 20.8 Å². The van der Waals surface area contributed by atoms with E-state index in [0.717, 1.165) is 28.2 Å². The molecule has 5 aromatic rings. The summed E-state index contributed by atoms with van der Waals surface area (Å²) in [5.74, 6) is 1.69. The van der Waals surface area contributed by atoms with Crippen molar-refractivity contribution in [2.45, 2.75) is 46.1 Å². The minimum Gasteiger partial charge on any atom is -0.678 e. The topological polar surface area (TPSA) is 39.9 Å². The van der Waals surface area contributed by atoms with Crippen LogP contribution in [0.15, 0.2) is 128 Å². The zero-order chi connectivity index (χ0) is 29.9. The van der Waals surface area contributed by atoms with E-state index in [0.29, 0.717) is 18.4 Å². The van der Waals surface area contributed by atoms with E-state index in [1.807, 2.05) is 97.1 Å². The maximum atomic E-state index is 4.79. The SMILES string of the molecule is CC(C)c1cccc(C(C)C)c1[N-]Cc1ncccn1.[CH2-]c1ccccc1.[CH2-]c1ccccc1.[CH2-]c1ccccc1.[Hf+4]. The molecule has 0 radical (unpaired) electrons. The Morgan fingerprint density at radius 1 is 0.524 bits per heavy atom. The summed E-state index contributed by atoms with van der Waals surface area (Å²) in [5, 5.41) is 4.79. The van der Waals surface area contributed by atoms with Crippen molar-refractivity contribution in [3.63, 3.8) is 0 Å². The van der Waals surface area contributed by atoms with Gasteiger partial charge < -0.3 is 5.32 Å². The van der Waals surface area contributed by atoms with Crippen LogP contribution in [0.4, 0.5) is 5.69 Å². The van der Waals surface area contributed by atoms with Gasteiger partial charge >= 0.3 is 25.8 Å². The van der Waals surface area contributed by atoms with Crippen LogP contribution in [0.2, 0.25) is 0 Å². The Bertz CT molecular complexity index is 1230. The van der Waals surface area contributed by atoms with E-state index >= 15 is 0 Å². The van der Waals surface area contributed by atoms with Crippen molar-refractivity contribution >= 4 is 5.69 Å². The molecular weight excluding hydrogens is 677 g/mol. The zero-order valence-corrected chi connectivity index (χ0v) is 29.0. The summed E-state index contributed by atoms with van der Waals surface area (Å²) < 4.78 is 0. The molecule has 0 atom stereocenters. The molecule has 4 aromatic carbocycles. The Kier molecular flexibility index (Phi) is 18.1. The predicted octanol–water partition coefficient (Wildman–Crippen LogP) is 10.5. The van der Waals surface area contributed by atoms with E-state index < -0.39 is 0 Å². The molecule has 0 aliphatic rings. The second-order valence-electron chi connectivity index (χ2n) is 10.0. The molecule has 0 aliphatic carbocycles. The molecule has 0 spiro atoms. The minimum absolute atomic E-state index is 0. The van der Waals surface area contributed by atoms with Gasteiger partial charge in [0, 0.05) is 12.4 Å². The van der Waals surface area contributed by atoms with E-state index in [-0.39, 0.29) is 25.8 Å². The molecule has 0 N–H and O–H groups in total. The van der Waals surface area contributed by atoms with Gasteiger partial charge in [-0.3, -0.25) is 0 Å². The quantitative estimate of drug-likeness (QED) is 0.134. The van der Waals surface area contributed by atoms with Crippen molar-refractivity contribution in [2.24, 2.45) is 0 Å². The van der Waals surface area contributed by atoms with Crippen LogP contribution < -0.4 is 0 Å². The summed E-state index contributed by atoms with van der Waals surface area (Å²) in [6.07, 6.45) is 3.52. The molecule has 3 nitrogen and oxygen atoms in total. The summed E-state index contributed by atoms with van der Waals surface area (Å²) in [4.78, 5) is 8.48. The fourth-order valence-corrected chi connectivity index (χ4v) is 3.69. The summed E-state index contributed by atoms with van der Waals surface area (Å²) in [6, 6.07) is 37.9. The molecule has 0 unspecified atom stereocenters. The van der Waals surface area contributed by atoms with Crippen LogP contribution >= 0.6 is 0 Å². The van der Waals surface area contributed by atoms with Crippen molar-refractivity contribution in [2.75, 3.05) is 0 Å². The van der Waals surface area contributed by atoms with Crippen molar-refractivity contribution in [3.8, 4) is 0 Å². The van der Waals surface area contributed by atoms with Gasteiger partial charge in [0.05, 0.1) is 0 Å². The third kappa shape index (κ3) is 14.7. The Balaban J connectivity index is 0.000000326. The Labute approximate surface area is 273 Å². The van der Waals surface area contributed by atoms with Crippen molar-refractivity contribution in [1.29, 1.82) is 0 Å². The maximum Gasteiger partial charge on any atom is 4.00 e. The monoisotopic (exact) mass is 721 g/mol. The van der Waals surface area contributed by atoms with Gasteiger partial charge in [-0.2, -0.15) is 73.9 Å². The third-order valence-corrected chi connectivity index (χ3v) is 5.87. The first-order valence-corrected chi connectivity index (χ1v) is 13.9. The second-order valence-corrected chi connectivity index (χ2v) is 10.0. The predicted molar refractivity (Wildman–Crippen MR) is 176 cm³/mol. The van der Waals surface area contributed by atoms with Crippen LogP contribution in [0.25, 0.3) is 5.32 Å². The summed E-state index contributed by atoms with van der Waals surface area (Å²) >= 11 is 0. The molecule has 1 aromatic heterocycles. The standard InChI is InChI=1S/C17H22N3.3C7H7.Hf/c1-12(2)14-7-5-8-15(13(3)4)17(14)20-11-16-18-9-6-10-19-16;3*1-7-5-3-2-4-6-7;/h5-10,12-13H,11H2,1-4H3;3*2-6H,1H2;/q4*-1;+4. The molecule has 0 saturated heterocycles. The smallest absolute Gasteiger partial charge is 0.678 e. The van der Waals surface area contributed by atoms with Gasteiger partial charge in [0.1, 0.15) is 5.82 Å². The van der Waals surface area contributed by atoms with Gasteiger partial charge in [-0.25, -0.2) is 9.97 Å². The maximum absolute atomic E-state index is 4.79. The molecular formula is C38H43HfN3. The summed E-state index contributed by atoms with van der Waals surface area (Å²) in [5.41, 5.74) is 6.93. The van der Waals surface area contributed by atoms with Gasteiger partial charge in [-0.15, -0.1) is 42.1 Å². The number of hydrogen-bond acceptors (Lipinski definition) is 2. The normalized spacial score (nSPS) is 9.57. The zero-order valence-electron chi connectivity index (χ0n) is 25.4. The number of benzene rings is 4. The molecule has 1 heterocycles. The Morgan fingerprint density at radius 3 is 1.17 bits per heavy atom. The first kappa shape index (κ1) is 36.3. The van der Waals surface area contributed by atoms with Crippen molar-refractivity contribution < 1.29 is 25.8 Å². The number of aromatic nitrogens is 2. The van der Waals surface area contributed by atoms with Gasteiger partial charge in [0.15, 0.2) is 0 Å². The van der Waals surface area contributed by atoms with Crippen LogP contribution in [0.3, 0.4) is 0 Å². The molecule has 4 heteroatoms. The van der Waals surface area contributed by atoms with Crippen molar-refractivity contribution in [3.05, 3.63) is 187 Å². The molecule has 0 fully saturated rings. The van der Waals surface area contributed by atoms with Crippen LogP contribution in [-0.2, 0) is 32.4 Å². The third-order valence-electron chi connectivity index (χ3n) is 5.87. The van der Waals surface area contributed by atoms with E-state index in [4.69, 9.17) is 5.32 Å². The number of hydrogen-bond donors (Lipinski definition) is 0. The second kappa shape index (κ2) is 21.0. The molecule has 214 valence electrons. The van der Waals surface area contributed by atoms with E-state index in [9.17, 15) is 0 Å². The molecule has 0 saturated carbocycles.